The van der Waals surface area contributed by atoms with E-state index in [0.717, 1.165) is 19.4 Å². The molecule has 0 N–H and O–H groups in total. The summed E-state index contributed by atoms with van der Waals surface area (Å²) in [4.78, 5) is 25.4. The van der Waals surface area contributed by atoms with Gasteiger partial charge in [0.2, 0.25) is 0 Å². The van der Waals surface area contributed by atoms with E-state index in [1.165, 1.54) is 4.90 Å². The van der Waals surface area contributed by atoms with Crippen molar-refractivity contribution in [1.29, 1.82) is 0 Å². The van der Waals surface area contributed by atoms with Crippen LogP contribution in [0.15, 0.2) is 36.4 Å². The quantitative estimate of drug-likeness (QED) is 0.614. The molecule has 2 heterocycles. The maximum Gasteiger partial charge on any atom is 0.261 e. The Bertz CT molecular complexity index is 509. The minimum Gasteiger partial charge on any atom is -0.374 e. The average Bonchev–Trinajstić information content (AvgIpc) is 3.02. The minimum absolute atomic E-state index is 0.134. The molecule has 0 bridgehead atoms. The Labute approximate surface area is 111 Å². The van der Waals surface area contributed by atoms with Gasteiger partial charge in [0.15, 0.2) is 0 Å². The third-order valence-electron chi connectivity index (χ3n) is 3.48. The molecule has 0 aromatic heterocycles. The van der Waals surface area contributed by atoms with Crippen LogP contribution in [-0.2, 0) is 4.74 Å². The number of benzene rings is 1. The highest BCUT2D eigenvalue weighted by Crippen LogP contribution is 2.22. The fourth-order valence-corrected chi connectivity index (χ4v) is 2.48. The highest BCUT2D eigenvalue weighted by molar-refractivity contribution is 6.21. The molecule has 1 aromatic carbocycles. The first kappa shape index (κ1) is 12.1. The first-order chi connectivity index (χ1) is 9.27. The molecule has 0 saturated carbocycles. The highest BCUT2D eigenvalue weighted by atomic mass is 16.5. The van der Waals surface area contributed by atoms with Crippen LogP contribution in [0.5, 0.6) is 0 Å². The van der Waals surface area contributed by atoms with Gasteiger partial charge in [-0.25, -0.2) is 0 Å². The second-order valence-electron chi connectivity index (χ2n) is 4.75. The molecule has 98 valence electrons. The third-order valence-corrected chi connectivity index (χ3v) is 3.48. The zero-order valence-corrected chi connectivity index (χ0v) is 10.5. The lowest BCUT2D eigenvalue weighted by Gasteiger charge is -2.11. The van der Waals surface area contributed by atoms with E-state index in [1.54, 1.807) is 24.3 Å². The van der Waals surface area contributed by atoms with Crippen molar-refractivity contribution in [2.45, 2.75) is 18.9 Å². The van der Waals surface area contributed by atoms with Gasteiger partial charge in [-0.05, 0) is 25.0 Å². The minimum atomic E-state index is -0.211. The molecule has 4 nitrogen and oxygen atoms in total. The molecule has 2 aliphatic rings. The molecule has 19 heavy (non-hydrogen) atoms. The van der Waals surface area contributed by atoms with Gasteiger partial charge >= 0.3 is 0 Å². The summed E-state index contributed by atoms with van der Waals surface area (Å²) >= 11 is 0. The molecule has 0 aliphatic carbocycles. The van der Waals surface area contributed by atoms with Crippen molar-refractivity contribution < 1.29 is 14.3 Å². The smallest absolute Gasteiger partial charge is 0.261 e. The monoisotopic (exact) mass is 257 g/mol. The topological polar surface area (TPSA) is 46.6 Å². The normalized spacial score (nSPS) is 22.5. The van der Waals surface area contributed by atoms with Crippen LogP contribution in [0.4, 0.5) is 0 Å². The lowest BCUT2D eigenvalue weighted by molar-refractivity contribution is 0.0671. The van der Waals surface area contributed by atoms with E-state index in [-0.39, 0.29) is 17.9 Å². The van der Waals surface area contributed by atoms with Gasteiger partial charge in [0.25, 0.3) is 11.8 Å². The summed E-state index contributed by atoms with van der Waals surface area (Å²) in [6.07, 6.45) is 6.00. The Morgan fingerprint density at radius 1 is 1.21 bits per heavy atom. The fourth-order valence-electron chi connectivity index (χ4n) is 2.48. The van der Waals surface area contributed by atoms with E-state index in [4.69, 9.17) is 4.74 Å². The molecule has 1 aromatic rings. The number of hydrogen-bond acceptors (Lipinski definition) is 3. The van der Waals surface area contributed by atoms with Crippen molar-refractivity contribution in [2.24, 2.45) is 0 Å². The van der Waals surface area contributed by atoms with Gasteiger partial charge < -0.3 is 4.74 Å². The summed E-state index contributed by atoms with van der Waals surface area (Å²) < 4.78 is 5.46. The molecular formula is C15H15NO3. The number of ether oxygens (including phenoxy) is 1. The Balaban J connectivity index is 1.70. The standard InChI is InChI=1S/C15H15NO3/c17-14-12-7-1-2-8-13(12)15(18)16(14)9-3-5-11-6-4-10-19-11/h1-3,5,7-8,11H,4,6,9-10H2/b5-3+. The molecule has 3 rings (SSSR count). The highest BCUT2D eigenvalue weighted by Gasteiger charge is 2.34. The zero-order valence-electron chi connectivity index (χ0n) is 10.5. The van der Waals surface area contributed by atoms with E-state index in [0.29, 0.717) is 17.7 Å². The third kappa shape index (κ3) is 2.19. The van der Waals surface area contributed by atoms with E-state index in [2.05, 4.69) is 0 Å². The van der Waals surface area contributed by atoms with Crippen LogP contribution in [-0.4, -0.2) is 36.0 Å². The lowest BCUT2D eigenvalue weighted by Crippen LogP contribution is -2.29. The first-order valence-corrected chi connectivity index (χ1v) is 6.51. The number of carbonyl (C=O) groups is 2. The number of nitrogens with zero attached hydrogens (tertiary/aromatic N) is 1. The second-order valence-corrected chi connectivity index (χ2v) is 4.75. The summed E-state index contributed by atoms with van der Waals surface area (Å²) in [5, 5.41) is 0. The van der Waals surface area contributed by atoms with Crippen LogP contribution >= 0.6 is 0 Å². The van der Waals surface area contributed by atoms with Gasteiger partial charge in [-0.3, -0.25) is 14.5 Å². The molecule has 1 saturated heterocycles. The number of fused-ring (bicyclic) bond motifs is 1. The predicted octanol–water partition coefficient (Wildman–Crippen LogP) is 2.02. The second kappa shape index (κ2) is 4.97. The zero-order chi connectivity index (χ0) is 13.2. The Hall–Kier alpha value is -1.94. The maximum atomic E-state index is 12.1. The van der Waals surface area contributed by atoms with E-state index in [1.807, 2.05) is 12.2 Å². The van der Waals surface area contributed by atoms with Gasteiger partial charge in [0.05, 0.1) is 17.2 Å². The first-order valence-electron chi connectivity index (χ1n) is 6.51. The molecule has 0 spiro atoms. The molecular weight excluding hydrogens is 242 g/mol. The van der Waals surface area contributed by atoms with Gasteiger partial charge in [-0.15, -0.1) is 0 Å². The van der Waals surface area contributed by atoms with Crippen molar-refractivity contribution in [1.82, 2.24) is 4.90 Å². The SMILES string of the molecule is O=C1c2ccccc2C(=O)N1C/C=C/C1CCCO1. The summed E-state index contributed by atoms with van der Waals surface area (Å²) in [5.74, 6) is -0.421. The summed E-state index contributed by atoms with van der Waals surface area (Å²) in [6.45, 7) is 1.11. The van der Waals surface area contributed by atoms with Crippen molar-refractivity contribution in [3.63, 3.8) is 0 Å². The van der Waals surface area contributed by atoms with Crippen molar-refractivity contribution >= 4 is 11.8 Å². The largest absolute Gasteiger partial charge is 0.374 e. The van der Waals surface area contributed by atoms with Gasteiger partial charge in [0.1, 0.15) is 0 Å². The summed E-state index contributed by atoms with van der Waals surface area (Å²) in [5.41, 5.74) is 0.996. The number of carbonyl (C=O) groups excluding carboxylic acids is 2. The van der Waals surface area contributed by atoms with Gasteiger partial charge in [-0.1, -0.05) is 24.3 Å². The van der Waals surface area contributed by atoms with Crippen LogP contribution in [0.2, 0.25) is 0 Å². The van der Waals surface area contributed by atoms with Crippen LogP contribution in [0.1, 0.15) is 33.6 Å². The molecule has 2 aliphatic heterocycles. The lowest BCUT2D eigenvalue weighted by atomic mass is 10.1. The number of amides is 2. The molecule has 4 heteroatoms. The van der Waals surface area contributed by atoms with Crippen LogP contribution < -0.4 is 0 Å². The predicted molar refractivity (Wildman–Crippen MR) is 69.9 cm³/mol. The Kier molecular flexibility index (Phi) is 3.17. The van der Waals surface area contributed by atoms with Crippen LogP contribution in [0.3, 0.4) is 0 Å². The Morgan fingerprint density at radius 2 is 1.89 bits per heavy atom. The average molecular weight is 257 g/mol. The van der Waals surface area contributed by atoms with E-state index >= 15 is 0 Å². The molecule has 2 amide bonds. The van der Waals surface area contributed by atoms with Gasteiger partial charge in [0, 0.05) is 13.2 Å². The van der Waals surface area contributed by atoms with Crippen LogP contribution in [0.25, 0.3) is 0 Å². The number of imide groups is 1. The number of rotatable bonds is 3. The summed E-state index contributed by atoms with van der Waals surface area (Å²) in [6, 6.07) is 6.93. The van der Waals surface area contributed by atoms with Crippen molar-refractivity contribution in [3.05, 3.63) is 47.5 Å². The molecule has 1 fully saturated rings. The van der Waals surface area contributed by atoms with Crippen LogP contribution in [0, 0.1) is 0 Å². The van der Waals surface area contributed by atoms with Crippen molar-refractivity contribution in [3.8, 4) is 0 Å². The molecule has 0 radical (unpaired) electrons. The molecule has 1 unspecified atom stereocenters. The van der Waals surface area contributed by atoms with E-state index in [9.17, 15) is 9.59 Å². The maximum absolute atomic E-state index is 12.1. The van der Waals surface area contributed by atoms with Crippen molar-refractivity contribution in [2.75, 3.05) is 13.2 Å². The van der Waals surface area contributed by atoms with E-state index < -0.39 is 0 Å². The summed E-state index contributed by atoms with van der Waals surface area (Å²) in [7, 11) is 0. The fraction of sp³-hybridized carbons (Fsp3) is 0.333. The van der Waals surface area contributed by atoms with Gasteiger partial charge in [-0.2, -0.15) is 0 Å². The molecule has 1 atom stereocenters. The Morgan fingerprint density at radius 3 is 2.47 bits per heavy atom. The number of hydrogen-bond donors (Lipinski definition) is 0.